The first kappa shape index (κ1) is 18.8. The van der Waals surface area contributed by atoms with E-state index in [0.29, 0.717) is 24.4 Å². The third kappa shape index (κ3) is 8.23. The lowest BCUT2D eigenvalue weighted by molar-refractivity contribution is 0.321. The van der Waals surface area contributed by atoms with Crippen molar-refractivity contribution in [2.75, 3.05) is 0 Å². The van der Waals surface area contributed by atoms with Crippen molar-refractivity contribution in [2.24, 2.45) is 0 Å². The lowest BCUT2D eigenvalue weighted by atomic mass is 10.0. The van der Waals surface area contributed by atoms with E-state index in [2.05, 4.69) is 25.7 Å². The van der Waals surface area contributed by atoms with Crippen LogP contribution < -0.4 is 0 Å². The fourth-order valence-electron chi connectivity index (χ4n) is 3.39. The van der Waals surface area contributed by atoms with Crippen LogP contribution in [-0.4, -0.2) is 24.4 Å². The molecule has 2 heterocycles. The molecule has 2 aliphatic rings. The molecule has 4 atom stereocenters. The van der Waals surface area contributed by atoms with Gasteiger partial charge < -0.3 is 9.47 Å². The zero-order valence-corrected chi connectivity index (χ0v) is 15.3. The van der Waals surface area contributed by atoms with Gasteiger partial charge in [0.1, 0.15) is 0 Å². The fourth-order valence-corrected chi connectivity index (χ4v) is 3.39. The van der Waals surface area contributed by atoms with Gasteiger partial charge in [-0.25, -0.2) is 0 Å². The summed E-state index contributed by atoms with van der Waals surface area (Å²) in [5, 5.41) is 0. The van der Waals surface area contributed by atoms with Gasteiger partial charge in [-0.3, -0.25) is 0 Å². The summed E-state index contributed by atoms with van der Waals surface area (Å²) in [6.07, 6.45) is 18.7. The van der Waals surface area contributed by atoms with Crippen molar-refractivity contribution >= 4 is 0 Å². The van der Waals surface area contributed by atoms with Crippen molar-refractivity contribution in [1.82, 2.24) is 0 Å². The van der Waals surface area contributed by atoms with Crippen LogP contribution in [0.1, 0.15) is 97.3 Å². The quantitative estimate of drug-likeness (QED) is 0.249. The molecule has 0 aromatic carbocycles. The summed E-state index contributed by atoms with van der Waals surface area (Å²) in [6.45, 7) is 4.37. The normalized spacial score (nSPS) is 28.3. The van der Waals surface area contributed by atoms with Crippen LogP contribution in [-0.2, 0) is 9.47 Å². The third-order valence-corrected chi connectivity index (χ3v) is 5.04. The third-order valence-electron chi connectivity index (χ3n) is 5.04. The maximum Gasteiger partial charge on any atom is 0.0951 e. The fraction of sp³-hybridized carbons (Fsp3) is 0.905. The Morgan fingerprint density at radius 1 is 0.652 bits per heavy atom. The molecule has 0 aliphatic carbocycles. The number of ether oxygens (including phenoxy) is 2. The Kier molecular flexibility index (Phi) is 9.09. The molecule has 2 heteroatoms. The number of hydrogen-bond donors (Lipinski definition) is 0. The minimum absolute atomic E-state index is 0.395. The van der Waals surface area contributed by atoms with Crippen LogP contribution in [0.5, 0.6) is 0 Å². The van der Waals surface area contributed by atoms with Crippen molar-refractivity contribution in [1.29, 1.82) is 0 Å². The maximum atomic E-state index is 5.80. The smallest absolute Gasteiger partial charge is 0.0951 e. The van der Waals surface area contributed by atoms with Crippen molar-refractivity contribution in [3.8, 4) is 11.8 Å². The maximum absolute atomic E-state index is 5.80. The Morgan fingerprint density at radius 3 is 1.96 bits per heavy atom. The van der Waals surface area contributed by atoms with Gasteiger partial charge in [0.05, 0.1) is 24.4 Å². The van der Waals surface area contributed by atoms with Crippen molar-refractivity contribution in [3.63, 3.8) is 0 Å². The Bertz CT molecular complexity index is 368. The highest BCUT2D eigenvalue weighted by Crippen LogP contribution is 2.38. The van der Waals surface area contributed by atoms with Crippen LogP contribution in [0.2, 0.25) is 0 Å². The Hall–Kier alpha value is -0.520. The second-order valence-corrected chi connectivity index (χ2v) is 7.19. The highest BCUT2D eigenvalue weighted by molar-refractivity contribution is 5.05. The summed E-state index contributed by atoms with van der Waals surface area (Å²) in [5.74, 6) is 6.30. The predicted octanol–water partition coefficient (Wildman–Crippen LogP) is 5.64. The SMILES string of the molecule is CCC#CC[C@H]1O[C@H]1C[C@@H]1O[C@@H]1CCCCCCCCCCC. The predicted molar refractivity (Wildman–Crippen MR) is 96.5 cm³/mol. The van der Waals surface area contributed by atoms with Gasteiger partial charge in [0.15, 0.2) is 0 Å². The minimum Gasteiger partial charge on any atom is -0.369 e. The monoisotopic (exact) mass is 320 g/mol. The first-order valence-corrected chi connectivity index (χ1v) is 10.1. The van der Waals surface area contributed by atoms with E-state index in [1.165, 1.54) is 64.2 Å². The summed E-state index contributed by atoms with van der Waals surface area (Å²) in [5.41, 5.74) is 0. The van der Waals surface area contributed by atoms with E-state index < -0.39 is 0 Å². The molecular formula is C21H36O2. The molecule has 0 aromatic rings. The summed E-state index contributed by atoms with van der Waals surface area (Å²) in [7, 11) is 0. The second-order valence-electron chi connectivity index (χ2n) is 7.19. The Balaban J connectivity index is 1.35. The molecule has 0 spiro atoms. The van der Waals surface area contributed by atoms with Crippen LogP contribution in [0.4, 0.5) is 0 Å². The van der Waals surface area contributed by atoms with E-state index in [1.807, 2.05) is 0 Å². The zero-order chi connectivity index (χ0) is 16.3. The minimum atomic E-state index is 0.395. The average Bonchev–Trinajstić information content (AvgIpc) is 3.46. The molecule has 2 rings (SSSR count). The van der Waals surface area contributed by atoms with Crippen LogP contribution >= 0.6 is 0 Å². The van der Waals surface area contributed by atoms with E-state index in [4.69, 9.17) is 9.47 Å². The van der Waals surface area contributed by atoms with Crippen LogP contribution in [0, 0.1) is 11.8 Å². The highest BCUT2D eigenvalue weighted by Gasteiger charge is 2.47. The van der Waals surface area contributed by atoms with Gasteiger partial charge in [-0.1, -0.05) is 71.6 Å². The summed E-state index contributed by atoms with van der Waals surface area (Å²) < 4.78 is 11.5. The highest BCUT2D eigenvalue weighted by atomic mass is 16.6. The molecule has 2 fully saturated rings. The average molecular weight is 321 g/mol. The topological polar surface area (TPSA) is 25.1 Å². The van der Waals surface area contributed by atoms with Crippen LogP contribution in [0.25, 0.3) is 0 Å². The van der Waals surface area contributed by atoms with Crippen molar-refractivity contribution in [3.05, 3.63) is 0 Å². The van der Waals surface area contributed by atoms with Crippen molar-refractivity contribution in [2.45, 2.75) is 122 Å². The molecule has 132 valence electrons. The Labute approximate surface area is 143 Å². The van der Waals surface area contributed by atoms with Crippen LogP contribution in [0.15, 0.2) is 0 Å². The molecule has 0 N–H and O–H groups in total. The molecule has 0 amide bonds. The number of hydrogen-bond acceptors (Lipinski definition) is 2. The van der Waals surface area contributed by atoms with Gasteiger partial charge >= 0.3 is 0 Å². The lowest BCUT2D eigenvalue weighted by Crippen LogP contribution is -2.01. The number of epoxide rings is 2. The molecule has 2 aliphatic heterocycles. The number of unbranched alkanes of at least 4 members (excludes halogenated alkanes) is 8. The van der Waals surface area contributed by atoms with Gasteiger partial charge in [-0.15, -0.1) is 11.8 Å². The van der Waals surface area contributed by atoms with Gasteiger partial charge in [-0.2, -0.15) is 0 Å². The van der Waals surface area contributed by atoms with Crippen molar-refractivity contribution < 1.29 is 9.47 Å². The van der Waals surface area contributed by atoms with Crippen LogP contribution in [0.3, 0.4) is 0 Å². The molecule has 2 saturated heterocycles. The summed E-state index contributed by atoms with van der Waals surface area (Å²) in [4.78, 5) is 0. The lowest BCUT2D eigenvalue weighted by Gasteiger charge is -2.01. The van der Waals surface area contributed by atoms with Gasteiger partial charge in [0.2, 0.25) is 0 Å². The molecule has 0 radical (unpaired) electrons. The molecule has 0 saturated carbocycles. The van der Waals surface area contributed by atoms with Gasteiger partial charge in [0, 0.05) is 19.3 Å². The largest absolute Gasteiger partial charge is 0.369 e. The molecule has 0 bridgehead atoms. The standard InChI is InChI=1S/C21H36O2/c1-3-5-7-8-9-10-11-12-14-16-19-21(23-19)17-20-18(22-20)15-13-6-4-2/h18-21H,3-5,7-12,14-17H2,1-2H3/t18-,19-,20+,21+/m1/s1. The summed E-state index contributed by atoms with van der Waals surface area (Å²) in [6, 6.07) is 0. The Morgan fingerprint density at radius 2 is 1.26 bits per heavy atom. The second kappa shape index (κ2) is 11.1. The number of rotatable bonds is 13. The summed E-state index contributed by atoms with van der Waals surface area (Å²) >= 11 is 0. The van der Waals surface area contributed by atoms with E-state index in [0.717, 1.165) is 19.3 Å². The zero-order valence-electron chi connectivity index (χ0n) is 15.3. The first-order valence-electron chi connectivity index (χ1n) is 10.1. The molecule has 0 unspecified atom stereocenters. The van der Waals surface area contributed by atoms with Gasteiger partial charge in [0.25, 0.3) is 0 Å². The van der Waals surface area contributed by atoms with Gasteiger partial charge in [-0.05, 0) is 6.42 Å². The molecule has 0 aromatic heterocycles. The van der Waals surface area contributed by atoms with E-state index in [1.54, 1.807) is 0 Å². The van der Waals surface area contributed by atoms with E-state index >= 15 is 0 Å². The van der Waals surface area contributed by atoms with E-state index in [9.17, 15) is 0 Å². The molecular weight excluding hydrogens is 284 g/mol. The molecule has 23 heavy (non-hydrogen) atoms. The first-order chi connectivity index (χ1) is 11.3. The van der Waals surface area contributed by atoms with E-state index in [-0.39, 0.29) is 0 Å². The molecule has 2 nitrogen and oxygen atoms in total.